The lowest BCUT2D eigenvalue weighted by Gasteiger charge is -2.34. The summed E-state index contributed by atoms with van der Waals surface area (Å²) >= 11 is 0. The number of likely N-dealkylation sites (N-methyl/N-ethyl adjacent to an activating group) is 1. The average Bonchev–Trinajstić information content (AvgIpc) is 3.19. The van der Waals surface area contributed by atoms with Gasteiger partial charge in [0.1, 0.15) is 24.1 Å². The number of imide groups is 1. The number of aldehydes is 1. The second-order valence-corrected chi connectivity index (χ2v) is 14.4. The fourth-order valence-corrected chi connectivity index (χ4v) is 4.83. The summed E-state index contributed by atoms with van der Waals surface area (Å²) in [5, 5.41) is 19.4. The molecule has 2 aromatic carbocycles. The molecule has 18 heteroatoms. The Hall–Kier alpha value is -5.25. The van der Waals surface area contributed by atoms with E-state index in [2.05, 4.69) is 5.32 Å². The Morgan fingerprint density at radius 3 is 2.05 bits per heavy atom. The van der Waals surface area contributed by atoms with E-state index in [1.54, 1.807) is 52.5 Å². The predicted molar refractivity (Wildman–Crippen MR) is 228 cm³/mol. The van der Waals surface area contributed by atoms with Crippen LogP contribution >= 0.6 is 0 Å². The molecule has 1 aliphatic heterocycles. The fourth-order valence-electron chi connectivity index (χ4n) is 4.83. The molecule has 1 saturated heterocycles. The Morgan fingerprint density at radius 2 is 1.57 bits per heavy atom. The number of benzene rings is 2. The van der Waals surface area contributed by atoms with Gasteiger partial charge in [-0.2, -0.15) is 18.4 Å². The molecule has 1 fully saturated rings. The first-order chi connectivity index (χ1) is 28.5. The summed E-state index contributed by atoms with van der Waals surface area (Å²) in [6.07, 6.45) is -7.03. The smallest absolute Gasteiger partial charge is 0.420 e. The summed E-state index contributed by atoms with van der Waals surface area (Å²) in [7, 11) is 1.92. The van der Waals surface area contributed by atoms with Gasteiger partial charge in [-0.25, -0.2) is 14.5 Å². The number of halogens is 3. The monoisotopic (exact) mass is 869 g/mol. The van der Waals surface area contributed by atoms with Crippen LogP contribution in [-0.2, 0) is 46.1 Å². The first kappa shape index (κ1) is 57.8. The van der Waals surface area contributed by atoms with Gasteiger partial charge in [0.25, 0.3) is 5.91 Å². The maximum atomic E-state index is 13.2. The lowest BCUT2D eigenvalue weighted by Crippen LogP contribution is -2.52. The van der Waals surface area contributed by atoms with Gasteiger partial charge < -0.3 is 44.0 Å². The van der Waals surface area contributed by atoms with E-state index in [0.29, 0.717) is 37.6 Å². The minimum Gasteiger partial charge on any atom is -0.443 e. The van der Waals surface area contributed by atoms with Crippen LogP contribution in [0.15, 0.2) is 42.5 Å². The van der Waals surface area contributed by atoms with Crippen molar-refractivity contribution in [2.75, 3.05) is 55.1 Å². The quantitative estimate of drug-likeness (QED) is 0.145. The van der Waals surface area contributed by atoms with E-state index in [9.17, 15) is 42.3 Å². The standard InChI is InChI=1S/C19H25F3N2O5.C18H26N2O5.C2H3N.2C2H6/c1-17(2,3)28-15(26)24(16(27)29-18(4,5)6)10-12-7-13(19(20,21)22)9-14(8-12)23-11-25;1-3-16(22)17-18(23)20(8-11-25-17)15-6-4-5-14(13-15)19(2)7-10-24-12-9-21;1-2-3;2*1-2/h7-9,11H,10H2,1-6H3,(H,23,25);4-6,9,13,16-17,22H,3,7-8,10-12H2,1-2H3;1H3;2*1-2H3. The van der Waals surface area contributed by atoms with Crippen molar-refractivity contribution < 1.29 is 61.2 Å². The number of carbonyl (C=O) groups excluding carboxylic acids is 5. The van der Waals surface area contributed by atoms with E-state index < -0.39 is 53.9 Å². The Morgan fingerprint density at radius 1 is 1.02 bits per heavy atom. The lowest BCUT2D eigenvalue weighted by molar-refractivity contribution is -0.142. The van der Waals surface area contributed by atoms with Crippen molar-refractivity contribution >= 4 is 47.9 Å². The van der Waals surface area contributed by atoms with Crippen molar-refractivity contribution in [1.82, 2.24) is 4.90 Å². The van der Waals surface area contributed by atoms with Crippen LogP contribution in [0.1, 0.15) is 101 Å². The third-order valence-electron chi connectivity index (χ3n) is 7.34. The van der Waals surface area contributed by atoms with Crippen LogP contribution in [-0.4, -0.2) is 104 Å². The van der Waals surface area contributed by atoms with E-state index >= 15 is 0 Å². The molecule has 0 spiro atoms. The van der Waals surface area contributed by atoms with Gasteiger partial charge >= 0.3 is 18.4 Å². The minimum atomic E-state index is -4.70. The van der Waals surface area contributed by atoms with Gasteiger partial charge in [0.15, 0.2) is 6.10 Å². The molecule has 1 aliphatic rings. The highest BCUT2D eigenvalue weighted by Gasteiger charge is 2.36. The van der Waals surface area contributed by atoms with Crippen molar-refractivity contribution in [1.29, 1.82) is 5.26 Å². The van der Waals surface area contributed by atoms with Gasteiger partial charge in [0.2, 0.25) is 6.41 Å². The topological polar surface area (TPSA) is 188 Å². The van der Waals surface area contributed by atoms with Crippen molar-refractivity contribution in [3.8, 4) is 6.07 Å². The number of nitrogens with zero attached hydrogens (tertiary/aromatic N) is 4. The Bertz CT molecular complexity index is 1650. The maximum absolute atomic E-state index is 13.2. The molecule has 4 amide bonds. The number of aliphatic hydroxyl groups excluding tert-OH is 1. The summed E-state index contributed by atoms with van der Waals surface area (Å²) in [6.45, 7) is 22.2. The van der Waals surface area contributed by atoms with Gasteiger partial charge in [-0.1, -0.05) is 40.7 Å². The summed E-state index contributed by atoms with van der Waals surface area (Å²) in [4.78, 5) is 62.7. The van der Waals surface area contributed by atoms with E-state index in [4.69, 9.17) is 24.2 Å². The Kier molecular flexibility index (Phi) is 27.6. The van der Waals surface area contributed by atoms with Crippen LogP contribution in [0.5, 0.6) is 0 Å². The molecule has 344 valence electrons. The number of nitriles is 1. The number of hydrogen-bond acceptors (Lipinski definition) is 12. The van der Waals surface area contributed by atoms with E-state index in [-0.39, 0.29) is 30.2 Å². The molecule has 0 aliphatic carbocycles. The third-order valence-corrected chi connectivity index (χ3v) is 7.34. The minimum absolute atomic E-state index is 0.0547. The van der Waals surface area contributed by atoms with E-state index in [0.717, 1.165) is 29.8 Å². The molecule has 0 bridgehead atoms. The molecule has 2 aromatic rings. The molecule has 2 atom stereocenters. The van der Waals surface area contributed by atoms with Crippen LogP contribution in [0.2, 0.25) is 0 Å². The van der Waals surface area contributed by atoms with Crippen LogP contribution in [0.25, 0.3) is 0 Å². The van der Waals surface area contributed by atoms with E-state index in [1.807, 2.05) is 70.8 Å². The van der Waals surface area contributed by atoms with Gasteiger partial charge in [0, 0.05) is 44.1 Å². The number of anilines is 3. The van der Waals surface area contributed by atoms with Crippen LogP contribution in [0.4, 0.5) is 39.8 Å². The number of rotatable bonds is 13. The lowest BCUT2D eigenvalue weighted by atomic mass is 10.1. The van der Waals surface area contributed by atoms with Gasteiger partial charge in [-0.05, 0) is 89.9 Å². The predicted octanol–water partition coefficient (Wildman–Crippen LogP) is 8.37. The third kappa shape index (κ3) is 22.8. The van der Waals surface area contributed by atoms with Crippen LogP contribution in [0, 0.1) is 11.3 Å². The first-order valence-electron chi connectivity index (χ1n) is 19.9. The SMILES string of the molecule is CC.CC.CC#N.CC(C)(C)OC(=O)N(Cc1cc(NC=O)cc(C(F)(F)F)c1)C(=O)OC(C)(C)C.CCC(O)C1OCCN(c2cccc(N(C)CCOCC=O)c2)C1=O. The molecule has 61 heavy (non-hydrogen) atoms. The molecule has 0 radical (unpaired) electrons. The molecule has 2 unspecified atom stereocenters. The van der Waals surface area contributed by atoms with Crippen molar-refractivity contribution in [2.24, 2.45) is 0 Å². The zero-order valence-corrected chi connectivity index (χ0v) is 37.8. The van der Waals surface area contributed by atoms with Crippen molar-refractivity contribution in [2.45, 2.75) is 126 Å². The van der Waals surface area contributed by atoms with Crippen LogP contribution < -0.4 is 15.1 Å². The zero-order chi connectivity index (χ0) is 47.6. The zero-order valence-electron chi connectivity index (χ0n) is 37.8. The van der Waals surface area contributed by atoms with Crippen molar-refractivity contribution in [3.63, 3.8) is 0 Å². The highest BCUT2D eigenvalue weighted by atomic mass is 19.4. The largest absolute Gasteiger partial charge is 0.443 e. The fraction of sp³-hybridized carbons (Fsp3) is 0.581. The first-order valence-corrected chi connectivity index (χ1v) is 19.9. The maximum Gasteiger partial charge on any atom is 0.420 e. The van der Waals surface area contributed by atoms with Crippen molar-refractivity contribution in [3.05, 3.63) is 53.6 Å². The number of alkyl halides is 3. The number of nitrogens with one attached hydrogen (secondary N) is 1. The highest BCUT2D eigenvalue weighted by Crippen LogP contribution is 2.33. The summed E-state index contributed by atoms with van der Waals surface area (Å²) in [5.41, 5.74) is -1.42. The Labute approximate surface area is 359 Å². The summed E-state index contributed by atoms with van der Waals surface area (Å²) in [5.74, 6) is -0.213. The molecule has 3 rings (SSSR count). The van der Waals surface area contributed by atoms with Gasteiger partial charge in [-0.3, -0.25) is 9.59 Å². The molecule has 2 N–H and O–H groups in total. The molecular weight excluding hydrogens is 803 g/mol. The van der Waals surface area contributed by atoms with Crippen LogP contribution in [0.3, 0.4) is 0 Å². The normalized spacial score (nSPS) is 13.9. The second kappa shape index (κ2) is 29.1. The average molecular weight is 870 g/mol. The number of hydrogen-bond donors (Lipinski definition) is 2. The molecular formula is C43H66F3N5O10. The highest BCUT2D eigenvalue weighted by molar-refractivity contribution is 5.98. The molecule has 15 nitrogen and oxygen atoms in total. The number of ether oxygens (including phenoxy) is 4. The number of carbonyl (C=O) groups is 5. The van der Waals surface area contributed by atoms with E-state index in [1.165, 1.54) is 13.0 Å². The van der Waals surface area contributed by atoms with Gasteiger partial charge in [0.05, 0.1) is 37.5 Å². The molecule has 0 aromatic heterocycles. The van der Waals surface area contributed by atoms with Gasteiger partial charge in [-0.15, -0.1) is 0 Å². The number of aliphatic hydroxyl groups is 1. The molecule has 1 heterocycles. The number of morpholine rings is 1. The molecule has 0 saturated carbocycles. The second-order valence-electron chi connectivity index (χ2n) is 14.4. The number of amides is 4. The Balaban J connectivity index is 0. The summed E-state index contributed by atoms with van der Waals surface area (Å²) < 4.78 is 60.5. The summed E-state index contributed by atoms with van der Waals surface area (Å²) in [6, 6.07) is 12.1.